The number of hydrogen-bond donors (Lipinski definition) is 4. The molecule has 0 saturated carbocycles. The van der Waals surface area contributed by atoms with Crippen molar-refractivity contribution < 1.29 is 20.1 Å². The van der Waals surface area contributed by atoms with Gasteiger partial charge in [-0.05, 0) is 5.56 Å². The van der Waals surface area contributed by atoms with E-state index in [9.17, 15) is 4.79 Å². The molecular formula is C12H19NO4. The average Bonchev–Trinajstić information content (AvgIpc) is 2.31. The Kier molecular flexibility index (Phi) is 10.1. The number of aliphatic hydroxyl groups is 2. The van der Waals surface area contributed by atoms with Gasteiger partial charge in [-0.2, -0.15) is 0 Å². The highest BCUT2D eigenvalue weighted by atomic mass is 16.4. The zero-order valence-corrected chi connectivity index (χ0v) is 9.67. The number of aliphatic hydroxyl groups excluding tert-OH is 2. The third-order valence-electron chi connectivity index (χ3n) is 1.78. The van der Waals surface area contributed by atoms with Gasteiger partial charge in [0.25, 0.3) is 0 Å². The Morgan fingerprint density at radius 3 is 2.00 bits per heavy atom. The molecule has 5 nitrogen and oxygen atoms in total. The highest BCUT2D eigenvalue weighted by Crippen LogP contribution is 1.98. The lowest BCUT2D eigenvalue weighted by Crippen LogP contribution is -2.21. The molecule has 0 fully saturated rings. The van der Waals surface area contributed by atoms with Gasteiger partial charge in [-0.3, -0.25) is 4.79 Å². The van der Waals surface area contributed by atoms with E-state index >= 15 is 0 Å². The Morgan fingerprint density at radius 1 is 1.06 bits per heavy atom. The predicted molar refractivity (Wildman–Crippen MR) is 64.8 cm³/mol. The van der Waals surface area contributed by atoms with Crippen LogP contribution in [0.1, 0.15) is 5.56 Å². The van der Waals surface area contributed by atoms with E-state index in [1.54, 1.807) is 12.1 Å². The second-order valence-corrected chi connectivity index (χ2v) is 3.25. The number of carbonyl (C=O) groups is 1. The van der Waals surface area contributed by atoms with Crippen LogP contribution in [0.4, 0.5) is 0 Å². The maximum absolute atomic E-state index is 10.2. The molecule has 0 amide bonds. The minimum absolute atomic E-state index is 0.112. The molecule has 0 heterocycles. The second-order valence-electron chi connectivity index (χ2n) is 3.25. The first-order chi connectivity index (χ1) is 8.20. The Balaban J connectivity index is 0.000000325. The van der Waals surface area contributed by atoms with Crippen LogP contribution in [0.15, 0.2) is 30.3 Å². The molecule has 5 heteroatoms. The number of benzene rings is 1. The monoisotopic (exact) mass is 241 g/mol. The second kappa shape index (κ2) is 11.1. The number of rotatable bonds is 6. The summed E-state index contributed by atoms with van der Waals surface area (Å²) in [6.45, 7) is 1.42. The summed E-state index contributed by atoms with van der Waals surface area (Å²) >= 11 is 0. The first-order valence-electron chi connectivity index (χ1n) is 5.39. The van der Waals surface area contributed by atoms with Crippen molar-refractivity contribution in [2.75, 3.05) is 26.3 Å². The zero-order chi connectivity index (χ0) is 12.9. The summed E-state index contributed by atoms with van der Waals surface area (Å²) < 4.78 is 0. The van der Waals surface area contributed by atoms with Gasteiger partial charge in [0, 0.05) is 13.1 Å². The average molecular weight is 241 g/mol. The molecule has 0 spiro atoms. The first kappa shape index (κ1) is 15.6. The number of nitrogens with one attached hydrogen (secondary N) is 1. The largest absolute Gasteiger partial charge is 0.481 e. The van der Waals surface area contributed by atoms with Crippen molar-refractivity contribution in [2.45, 2.75) is 6.42 Å². The quantitative estimate of drug-likeness (QED) is 0.521. The molecule has 17 heavy (non-hydrogen) atoms. The molecule has 1 rings (SSSR count). The molecule has 0 atom stereocenters. The van der Waals surface area contributed by atoms with Crippen molar-refractivity contribution in [3.8, 4) is 0 Å². The maximum Gasteiger partial charge on any atom is 0.307 e. The smallest absolute Gasteiger partial charge is 0.307 e. The topological polar surface area (TPSA) is 89.8 Å². The van der Waals surface area contributed by atoms with Crippen molar-refractivity contribution in [3.05, 3.63) is 35.9 Å². The van der Waals surface area contributed by atoms with Gasteiger partial charge in [0.15, 0.2) is 0 Å². The first-order valence-corrected chi connectivity index (χ1v) is 5.39. The minimum atomic E-state index is -0.786. The molecule has 1 aromatic rings. The van der Waals surface area contributed by atoms with Crippen LogP contribution < -0.4 is 5.32 Å². The van der Waals surface area contributed by atoms with E-state index in [1.165, 1.54) is 0 Å². The van der Waals surface area contributed by atoms with E-state index in [0.29, 0.717) is 13.1 Å². The van der Waals surface area contributed by atoms with Crippen LogP contribution in [-0.2, 0) is 11.2 Å². The summed E-state index contributed by atoms with van der Waals surface area (Å²) in [6.07, 6.45) is 0.112. The van der Waals surface area contributed by atoms with Gasteiger partial charge in [0.2, 0.25) is 0 Å². The summed E-state index contributed by atoms with van der Waals surface area (Å²) in [5, 5.41) is 27.4. The maximum atomic E-state index is 10.2. The fourth-order valence-electron chi connectivity index (χ4n) is 1.05. The molecule has 0 saturated heterocycles. The molecular weight excluding hydrogens is 222 g/mol. The standard InChI is InChI=1S/C8H8O2.C4H11NO2/c9-8(10)6-7-4-2-1-3-5-7;6-3-1-5-2-4-7/h1-5H,6H2,(H,9,10);5-7H,1-4H2. The molecule has 0 unspecified atom stereocenters. The number of carboxylic acids is 1. The van der Waals surface area contributed by atoms with E-state index < -0.39 is 5.97 Å². The number of aliphatic carboxylic acids is 1. The summed E-state index contributed by atoms with van der Waals surface area (Å²) in [7, 11) is 0. The molecule has 96 valence electrons. The summed E-state index contributed by atoms with van der Waals surface area (Å²) in [5.41, 5.74) is 0.843. The SMILES string of the molecule is O=C(O)Cc1ccccc1.OCCNCCO. The Labute approximate surface area is 101 Å². The fraction of sp³-hybridized carbons (Fsp3) is 0.417. The summed E-state index contributed by atoms with van der Waals surface area (Å²) in [4.78, 5) is 10.2. The van der Waals surface area contributed by atoms with Gasteiger partial charge < -0.3 is 20.6 Å². The zero-order valence-electron chi connectivity index (χ0n) is 9.67. The van der Waals surface area contributed by atoms with E-state index in [2.05, 4.69) is 5.32 Å². The van der Waals surface area contributed by atoms with Crippen LogP contribution >= 0.6 is 0 Å². The molecule has 1 aromatic carbocycles. The highest BCUT2D eigenvalue weighted by Gasteiger charge is 1.96. The Morgan fingerprint density at radius 2 is 1.59 bits per heavy atom. The fourth-order valence-corrected chi connectivity index (χ4v) is 1.05. The number of hydrogen-bond acceptors (Lipinski definition) is 4. The van der Waals surface area contributed by atoms with Crippen LogP contribution in [0.2, 0.25) is 0 Å². The van der Waals surface area contributed by atoms with Gasteiger partial charge in [0.05, 0.1) is 19.6 Å². The van der Waals surface area contributed by atoms with E-state index in [-0.39, 0.29) is 19.6 Å². The van der Waals surface area contributed by atoms with Gasteiger partial charge in [-0.25, -0.2) is 0 Å². The van der Waals surface area contributed by atoms with E-state index in [0.717, 1.165) is 5.56 Å². The number of carboxylic acid groups (broad SMARTS) is 1. The van der Waals surface area contributed by atoms with E-state index in [4.69, 9.17) is 15.3 Å². The molecule has 0 aromatic heterocycles. The molecule has 0 bridgehead atoms. The summed E-state index contributed by atoms with van der Waals surface area (Å²) in [6, 6.07) is 9.13. The predicted octanol–water partition coefficient (Wildman–Crippen LogP) is -0.126. The lowest BCUT2D eigenvalue weighted by Gasteiger charge is -1.94. The van der Waals surface area contributed by atoms with Crippen molar-refractivity contribution in [2.24, 2.45) is 0 Å². The van der Waals surface area contributed by atoms with Gasteiger partial charge >= 0.3 is 5.97 Å². The molecule has 0 aliphatic rings. The Bertz CT molecular complexity index is 286. The lowest BCUT2D eigenvalue weighted by atomic mass is 10.2. The van der Waals surface area contributed by atoms with Crippen LogP contribution in [0.25, 0.3) is 0 Å². The molecule has 4 N–H and O–H groups in total. The van der Waals surface area contributed by atoms with Gasteiger partial charge in [-0.1, -0.05) is 30.3 Å². The van der Waals surface area contributed by atoms with Crippen molar-refractivity contribution in [1.29, 1.82) is 0 Å². The van der Waals surface area contributed by atoms with Gasteiger partial charge in [0.1, 0.15) is 0 Å². The van der Waals surface area contributed by atoms with Crippen molar-refractivity contribution in [3.63, 3.8) is 0 Å². The van der Waals surface area contributed by atoms with Crippen molar-refractivity contribution in [1.82, 2.24) is 5.32 Å². The molecule has 0 radical (unpaired) electrons. The normalized spacial score (nSPS) is 9.29. The molecule has 0 aliphatic carbocycles. The van der Waals surface area contributed by atoms with Crippen molar-refractivity contribution >= 4 is 5.97 Å². The third-order valence-corrected chi connectivity index (χ3v) is 1.78. The lowest BCUT2D eigenvalue weighted by molar-refractivity contribution is -0.136. The van der Waals surface area contributed by atoms with Gasteiger partial charge in [-0.15, -0.1) is 0 Å². The van der Waals surface area contributed by atoms with Crippen LogP contribution in [0, 0.1) is 0 Å². The van der Waals surface area contributed by atoms with Crippen LogP contribution in [-0.4, -0.2) is 47.6 Å². The highest BCUT2D eigenvalue weighted by molar-refractivity contribution is 5.70. The van der Waals surface area contributed by atoms with E-state index in [1.807, 2.05) is 18.2 Å². The minimum Gasteiger partial charge on any atom is -0.481 e. The summed E-state index contributed by atoms with van der Waals surface area (Å²) in [5.74, 6) is -0.786. The van der Waals surface area contributed by atoms with Crippen LogP contribution in [0.3, 0.4) is 0 Å². The molecule has 0 aliphatic heterocycles. The third kappa shape index (κ3) is 10.8. The van der Waals surface area contributed by atoms with Crippen LogP contribution in [0.5, 0.6) is 0 Å². The Hall–Kier alpha value is -1.43.